The predicted molar refractivity (Wildman–Crippen MR) is 86.3 cm³/mol. The van der Waals surface area contributed by atoms with Gasteiger partial charge in [0.15, 0.2) is 18.2 Å². The van der Waals surface area contributed by atoms with Gasteiger partial charge in [-0.15, -0.1) is 0 Å². The minimum Gasteiger partial charge on any atom is -0.482 e. The summed E-state index contributed by atoms with van der Waals surface area (Å²) in [5.74, 6) is 1.16. The molecule has 1 aliphatic heterocycles. The Kier molecular flexibility index (Phi) is 3.23. The van der Waals surface area contributed by atoms with Crippen molar-refractivity contribution in [3.8, 4) is 5.75 Å². The maximum atomic E-state index is 12.5. The van der Waals surface area contributed by atoms with Crippen LogP contribution in [0.1, 0.15) is 47.6 Å². The molecule has 0 bridgehead atoms. The van der Waals surface area contributed by atoms with E-state index in [4.69, 9.17) is 9.26 Å². The number of hydrogen-bond acceptors (Lipinski definition) is 5. The summed E-state index contributed by atoms with van der Waals surface area (Å²) in [6.07, 6.45) is 1.70. The van der Waals surface area contributed by atoms with E-state index in [-0.39, 0.29) is 23.7 Å². The highest BCUT2D eigenvalue weighted by atomic mass is 16.5. The van der Waals surface area contributed by atoms with Crippen LogP contribution in [0.15, 0.2) is 22.7 Å². The van der Waals surface area contributed by atoms with Gasteiger partial charge in [0, 0.05) is 12.8 Å². The van der Waals surface area contributed by atoms with Crippen LogP contribution < -0.4 is 10.1 Å². The largest absolute Gasteiger partial charge is 0.482 e. The third-order valence-corrected chi connectivity index (χ3v) is 4.44. The summed E-state index contributed by atoms with van der Waals surface area (Å²) in [6, 6.07) is 5.57. The number of ketones is 1. The zero-order valence-electron chi connectivity index (χ0n) is 13.6. The smallest absolute Gasteiger partial charge is 0.262 e. The third kappa shape index (κ3) is 2.58. The lowest BCUT2D eigenvalue weighted by atomic mass is 9.75. The van der Waals surface area contributed by atoms with Crippen molar-refractivity contribution in [3.05, 3.63) is 40.8 Å². The lowest BCUT2D eigenvalue weighted by Gasteiger charge is -2.26. The first-order valence-corrected chi connectivity index (χ1v) is 7.97. The van der Waals surface area contributed by atoms with Crippen LogP contribution in [0.2, 0.25) is 0 Å². The Morgan fingerprint density at radius 2 is 2.08 bits per heavy atom. The van der Waals surface area contributed by atoms with Gasteiger partial charge in [0.1, 0.15) is 5.75 Å². The number of amides is 1. The van der Waals surface area contributed by atoms with Crippen LogP contribution in [0.5, 0.6) is 5.75 Å². The summed E-state index contributed by atoms with van der Waals surface area (Å²) in [4.78, 5) is 23.9. The zero-order valence-corrected chi connectivity index (χ0v) is 13.6. The van der Waals surface area contributed by atoms with Crippen molar-refractivity contribution < 1.29 is 18.8 Å². The minimum absolute atomic E-state index is 0.0340. The summed E-state index contributed by atoms with van der Waals surface area (Å²) >= 11 is 0. The lowest BCUT2D eigenvalue weighted by molar-refractivity contribution is -0.118. The number of carbonyl (C=O) groups excluding carboxylic acids is 2. The molecule has 0 unspecified atom stereocenters. The first-order chi connectivity index (χ1) is 11.4. The number of Topliss-reactive ketones (excluding diaryl/α,β-unsaturated/α-hetero) is 1. The molecule has 1 amide bonds. The van der Waals surface area contributed by atoms with E-state index < -0.39 is 0 Å². The van der Waals surface area contributed by atoms with Gasteiger partial charge in [0.2, 0.25) is 0 Å². The summed E-state index contributed by atoms with van der Waals surface area (Å²) in [5.41, 5.74) is 2.87. The van der Waals surface area contributed by atoms with Crippen LogP contribution in [0, 0.1) is 5.41 Å². The second kappa shape index (κ2) is 5.19. The number of fused-ring (bicyclic) bond motifs is 2. The quantitative estimate of drug-likeness (QED) is 0.917. The molecule has 1 aromatic carbocycles. The molecule has 2 heterocycles. The van der Waals surface area contributed by atoms with Crippen LogP contribution >= 0.6 is 0 Å². The average molecular weight is 326 g/mol. The van der Waals surface area contributed by atoms with Gasteiger partial charge < -0.3 is 14.6 Å². The molecule has 2 aromatic rings. The topological polar surface area (TPSA) is 81.4 Å². The molecule has 0 fully saturated rings. The highest BCUT2D eigenvalue weighted by molar-refractivity contribution is 5.99. The standard InChI is InChI=1S/C18H18N2O4/c1-18(2)7-12-17(13(21)8-18)15(24-20-12)6-10-3-4-14-11(5-10)19-16(22)9-23-14/h3-5H,6-9H2,1-2H3,(H,19,22). The fourth-order valence-corrected chi connectivity index (χ4v) is 3.38. The SMILES string of the molecule is CC1(C)CC(=O)c2c(noc2Cc2ccc3c(c2)NC(=O)CO3)C1. The van der Waals surface area contributed by atoms with Crippen molar-refractivity contribution in [1.82, 2.24) is 5.16 Å². The Morgan fingerprint density at radius 3 is 2.92 bits per heavy atom. The molecule has 6 nitrogen and oxygen atoms in total. The second-order valence-electron chi connectivity index (χ2n) is 7.21. The summed E-state index contributed by atoms with van der Waals surface area (Å²) < 4.78 is 10.8. The molecule has 0 atom stereocenters. The molecule has 0 radical (unpaired) electrons. The first-order valence-electron chi connectivity index (χ1n) is 7.97. The maximum Gasteiger partial charge on any atom is 0.262 e. The molecule has 2 aliphatic rings. The highest BCUT2D eigenvalue weighted by Gasteiger charge is 2.36. The Morgan fingerprint density at radius 1 is 1.25 bits per heavy atom. The molecule has 124 valence electrons. The van der Waals surface area contributed by atoms with Gasteiger partial charge in [-0.2, -0.15) is 0 Å². The third-order valence-electron chi connectivity index (χ3n) is 4.44. The molecule has 1 aliphatic carbocycles. The number of rotatable bonds is 2. The van der Waals surface area contributed by atoms with Crippen LogP contribution in [-0.4, -0.2) is 23.5 Å². The summed E-state index contributed by atoms with van der Waals surface area (Å²) in [6.45, 7) is 4.16. The predicted octanol–water partition coefficient (Wildman–Crippen LogP) is 2.75. The molecule has 0 spiro atoms. The number of nitrogens with one attached hydrogen (secondary N) is 1. The molecule has 1 aromatic heterocycles. The van der Waals surface area contributed by atoms with Crippen molar-refractivity contribution in [2.24, 2.45) is 5.41 Å². The molecule has 1 N–H and O–H groups in total. The van der Waals surface area contributed by atoms with Crippen LogP contribution in [0.4, 0.5) is 5.69 Å². The monoisotopic (exact) mass is 326 g/mol. The Labute approximate surface area is 139 Å². The normalized spacial score (nSPS) is 18.4. The number of aromatic nitrogens is 1. The van der Waals surface area contributed by atoms with E-state index in [0.717, 1.165) is 17.7 Å². The Balaban J connectivity index is 1.64. The maximum absolute atomic E-state index is 12.5. The van der Waals surface area contributed by atoms with Crippen molar-refractivity contribution in [1.29, 1.82) is 0 Å². The van der Waals surface area contributed by atoms with Gasteiger partial charge in [-0.1, -0.05) is 25.1 Å². The van der Waals surface area contributed by atoms with Crippen molar-refractivity contribution in [2.45, 2.75) is 33.1 Å². The molecule has 0 saturated carbocycles. The molecule has 0 saturated heterocycles. The molecule has 6 heteroatoms. The van der Waals surface area contributed by atoms with Crippen molar-refractivity contribution >= 4 is 17.4 Å². The van der Waals surface area contributed by atoms with Gasteiger partial charge in [-0.05, 0) is 29.5 Å². The van der Waals surface area contributed by atoms with Crippen LogP contribution in [0.25, 0.3) is 0 Å². The van der Waals surface area contributed by atoms with Gasteiger partial charge in [-0.25, -0.2) is 0 Å². The fourth-order valence-electron chi connectivity index (χ4n) is 3.38. The van der Waals surface area contributed by atoms with Gasteiger partial charge in [-0.3, -0.25) is 9.59 Å². The van der Waals surface area contributed by atoms with E-state index >= 15 is 0 Å². The zero-order chi connectivity index (χ0) is 16.9. The van der Waals surface area contributed by atoms with E-state index in [2.05, 4.69) is 24.3 Å². The number of hydrogen-bond donors (Lipinski definition) is 1. The molecule has 24 heavy (non-hydrogen) atoms. The van der Waals surface area contributed by atoms with Crippen LogP contribution in [0.3, 0.4) is 0 Å². The number of benzene rings is 1. The van der Waals surface area contributed by atoms with E-state index in [1.165, 1.54) is 0 Å². The molecular weight excluding hydrogens is 308 g/mol. The van der Waals surface area contributed by atoms with Crippen molar-refractivity contribution in [3.63, 3.8) is 0 Å². The van der Waals surface area contributed by atoms with E-state index in [1.54, 1.807) is 0 Å². The lowest BCUT2D eigenvalue weighted by Crippen LogP contribution is -2.27. The molecule has 4 rings (SSSR count). The van der Waals surface area contributed by atoms with Gasteiger partial charge >= 0.3 is 0 Å². The van der Waals surface area contributed by atoms with E-state index in [0.29, 0.717) is 35.6 Å². The Bertz CT molecular complexity index is 851. The van der Waals surface area contributed by atoms with E-state index in [1.807, 2.05) is 18.2 Å². The second-order valence-corrected chi connectivity index (χ2v) is 7.21. The Hall–Kier alpha value is -2.63. The van der Waals surface area contributed by atoms with Gasteiger partial charge in [0.05, 0.1) is 16.9 Å². The number of carbonyl (C=O) groups is 2. The summed E-state index contributed by atoms with van der Waals surface area (Å²) in [7, 11) is 0. The highest BCUT2D eigenvalue weighted by Crippen LogP contribution is 2.37. The number of ether oxygens (including phenoxy) is 1. The number of anilines is 1. The van der Waals surface area contributed by atoms with Crippen LogP contribution in [-0.2, 0) is 17.6 Å². The first kappa shape index (κ1) is 14.9. The summed E-state index contributed by atoms with van der Waals surface area (Å²) in [5, 5.41) is 6.89. The van der Waals surface area contributed by atoms with Gasteiger partial charge in [0.25, 0.3) is 5.91 Å². The van der Waals surface area contributed by atoms with E-state index in [9.17, 15) is 9.59 Å². The minimum atomic E-state index is -0.172. The van der Waals surface area contributed by atoms with Crippen molar-refractivity contribution in [2.75, 3.05) is 11.9 Å². The fraction of sp³-hybridized carbons (Fsp3) is 0.389. The molecular formula is C18H18N2O4. The average Bonchev–Trinajstić information content (AvgIpc) is 2.88. The number of nitrogens with zero attached hydrogens (tertiary/aromatic N) is 1.